The van der Waals surface area contributed by atoms with Crippen molar-refractivity contribution in [2.45, 2.75) is 53.4 Å². The van der Waals surface area contributed by atoms with Crippen molar-refractivity contribution < 1.29 is 9.53 Å². The molecule has 4 rings (SSSR count). The molecule has 1 amide bonds. The van der Waals surface area contributed by atoms with Crippen LogP contribution in [0.4, 0.5) is 0 Å². The van der Waals surface area contributed by atoms with Crippen LogP contribution in [0.3, 0.4) is 0 Å². The van der Waals surface area contributed by atoms with E-state index < -0.39 is 0 Å². The normalized spacial score (nSPS) is 14.4. The molecular formula is C32H44N4O2. The highest BCUT2D eigenvalue weighted by atomic mass is 16.5. The predicted octanol–water partition coefficient (Wildman–Crippen LogP) is 6.65. The van der Waals surface area contributed by atoms with Crippen LogP contribution in [0.2, 0.25) is 0 Å². The lowest BCUT2D eigenvalue weighted by Crippen LogP contribution is -2.34. The lowest BCUT2D eigenvalue weighted by Gasteiger charge is -2.24. The van der Waals surface area contributed by atoms with Gasteiger partial charge in [-0.1, -0.05) is 39.8 Å². The number of hydrogen-bond acceptors (Lipinski definition) is 4. The summed E-state index contributed by atoms with van der Waals surface area (Å²) >= 11 is 0. The zero-order valence-corrected chi connectivity index (χ0v) is 23.8. The van der Waals surface area contributed by atoms with Gasteiger partial charge >= 0.3 is 0 Å². The van der Waals surface area contributed by atoms with Crippen LogP contribution in [0, 0.1) is 11.8 Å². The molecule has 0 atom stereocenters. The Morgan fingerprint density at radius 3 is 2.29 bits per heavy atom. The number of amides is 1. The number of methoxy groups -OCH3 is 1. The molecule has 6 nitrogen and oxygen atoms in total. The summed E-state index contributed by atoms with van der Waals surface area (Å²) < 4.78 is 7.26. The average Bonchev–Trinajstić information content (AvgIpc) is 3.56. The van der Waals surface area contributed by atoms with Crippen LogP contribution < -0.4 is 4.74 Å². The summed E-state index contributed by atoms with van der Waals surface area (Å²) in [5, 5.41) is 4.94. The van der Waals surface area contributed by atoms with Crippen LogP contribution >= 0.6 is 0 Å². The first-order valence-electron chi connectivity index (χ1n) is 14.2. The van der Waals surface area contributed by atoms with E-state index in [2.05, 4.69) is 44.7 Å². The third kappa shape index (κ3) is 7.04. The van der Waals surface area contributed by atoms with Gasteiger partial charge in [0.1, 0.15) is 11.4 Å². The SMILES string of the molecule is COc1ccc(-c2nn3ccc(C(=O)N(CCC(C)C)CCC(C)C)cc3c2C=CCN2CCCC2)cc1. The number of ether oxygens (including phenoxy) is 1. The summed E-state index contributed by atoms with van der Waals surface area (Å²) in [5.74, 6) is 2.04. The Bertz CT molecular complexity index is 1210. The lowest BCUT2D eigenvalue weighted by molar-refractivity contribution is 0.0741. The molecule has 0 N–H and O–H groups in total. The van der Waals surface area contributed by atoms with Crippen molar-refractivity contribution in [2.75, 3.05) is 39.8 Å². The molecule has 1 aliphatic heterocycles. The second-order valence-corrected chi connectivity index (χ2v) is 11.3. The Kier molecular flexibility index (Phi) is 9.62. The van der Waals surface area contributed by atoms with Gasteiger partial charge < -0.3 is 9.64 Å². The molecule has 0 aliphatic carbocycles. The topological polar surface area (TPSA) is 50.1 Å². The molecule has 1 saturated heterocycles. The fourth-order valence-corrected chi connectivity index (χ4v) is 4.93. The van der Waals surface area contributed by atoms with Crippen molar-refractivity contribution in [1.82, 2.24) is 19.4 Å². The lowest BCUT2D eigenvalue weighted by atomic mass is 10.0. The first-order valence-corrected chi connectivity index (χ1v) is 14.2. The average molecular weight is 517 g/mol. The summed E-state index contributed by atoms with van der Waals surface area (Å²) in [5.41, 5.74) is 4.65. The van der Waals surface area contributed by atoms with E-state index >= 15 is 0 Å². The van der Waals surface area contributed by atoms with Gasteiger partial charge in [0, 0.05) is 42.5 Å². The number of pyridine rings is 1. The second kappa shape index (κ2) is 13.1. The van der Waals surface area contributed by atoms with E-state index in [0.717, 1.165) is 79.2 Å². The minimum atomic E-state index is 0.105. The highest BCUT2D eigenvalue weighted by Crippen LogP contribution is 2.30. The number of carbonyl (C=O) groups is 1. The van der Waals surface area contributed by atoms with Gasteiger partial charge in [-0.15, -0.1) is 0 Å². The molecule has 3 aromatic rings. The molecule has 0 radical (unpaired) electrons. The van der Waals surface area contributed by atoms with Gasteiger partial charge in [0.2, 0.25) is 0 Å². The van der Waals surface area contributed by atoms with Crippen LogP contribution in [-0.4, -0.2) is 65.2 Å². The molecule has 204 valence electrons. The van der Waals surface area contributed by atoms with E-state index in [0.29, 0.717) is 11.8 Å². The number of rotatable bonds is 12. The first kappa shape index (κ1) is 27.9. The molecule has 1 aliphatic rings. The Balaban J connectivity index is 1.70. The molecule has 0 bridgehead atoms. The summed E-state index contributed by atoms with van der Waals surface area (Å²) in [6, 6.07) is 12.0. The number of likely N-dealkylation sites (tertiary alicyclic amines) is 1. The van der Waals surface area contributed by atoms with Crippen LogP contribution in [0.25, 0.3) is 22.9 Å². The van der Waals surface area contributed by atoms with Crippen LogP contribution in [-0.2, 0) is 0 Å². The van der Waals surface area contributed by atoms with Crippen molar-refractivity contribution in [3.63, 3.8) is 0 Å². The maximum atomic E-state index is 13.7. The molecule has 1 aromatic carbocycles. The number of nitrogens with zero attached hydrogens (tertiary/aromatic N) is 4. The second-order valence-electron chi connectivity index (χ2n) is 11.3. The molecule has 6 heteroatoms. The number of hydrogen-bond donors (Lipinski definition) is 0. The van der Waals surface area contributed by atoms with Gasteiger partial charge in [0.05, 0.1) is 12.6 Å². The van der Waals surface area contributed by atoms with E-state index in [1.807, 2.05) is 52.0 Å². The molecule has 2 aromatic heterocycles. The van der Waals surface area contributed by atoms with Crippen molar-refractivity contribution in [3.8, 4) is 17.0 Å². The fourth-order valence-electron chi connectivity index (χ4n) is 4.93. The smallest absolute Gasteiger partial charge is 0.253 e. The third-order valence-electron chi connectivity index (χ3n) is 7.37. The Hall–Kier alpha value is -3.12. The van der Waals surface area contributed by atoms with Crippen LogP contribution in [0.1, 0.15) is 69.3 Å². The van der Waals surface area contributed by atoms with Gasteiger partial charge in [-0.05, 0) is 87.0 Å². The van der Waals surface area contributed by atoms with Gasteiger partial charge in [-0.3, -0.25) is 9.69 Å². The Morgan fingerprint density at radius 1 is 1.03 bits per heavy atom. The van der Waals surface area contributed by atoms with Crippen LogP contribution in [0.15, 0.2) is 48.7 Å². The summed E-state index contributed by atoms with van der Waals surface area (Å²) in [4.78, 5) is 18.2. The monoisotopic (exact) mass is 516 g/mol. The molecule has 38 heavy (non-hydrogen) atoms. The molecule has 0 unspecified atom stereocenters. The van der Waals surface area contributed by atoms with Crippen molar-refractivity contribution >= 4 is 17.5 Å². The number of benzene rings is 1. The molecular weight excluding hydrogens is 472 g/mol. The minimum Gasteiger partial charge on any atom is -0.497 e. The quantitative estimate of drug-likeness (QED) is 0.270. The Morgan fingerprint density at radius 2 is 1.68 bits per heavy atom. The molecule has 1 fully saturated rings. The first-order chi connectivity index (χ1) is 18.4. The molecule has 0 spiro atoms. The third-order valence-corrected chi connectivity index (χ3v) is 7.37. The van der Waals surface area contributed by atoms with Crippen molar-refractivity contribution in [3.05, 3.63) is 59.8 Å². The van der Waals surface area contributed by atoms with E-state index in [4.69, 9.17) is 9.84 Å². The molecule has 0 saturated carbocycles. The summed E-state index contributed by atoms with van der Waals surface area (Å²) in [7, 11) is 1.68. The van der Waals surface area contributed by atoms with Gasteiger partial charge in [0.15, 0.2) is 0 Å². The predicted molar refractivity (Wildman–Crippen MR) is 157 cm³/mol. The summed E-state index contributed by atoms with van der Waals surface area (Å²) in [6.45, 7) is 13.7. The van der Waals surface area contributed by atoms with Gasteiger partial charge in [-0.2, -0.15) is 5.10 Å². The fraction of sp³-hybridized carbons (Fsp3) is 0.500. The number of fused-ring (bicyclic) bond motifs is 1. The highest BCUT2D eigenvalue weighted by molar-refractivity contribution is 5.96. The summed E-state index contributed by atoms with van der Waals surface area (Å²) in [6.07, 6.45) is 10.9. The standard InChI is InChI=1S/C32H44N4O2/c1-24(2)14-20-35(21-15-25(3)4)32(37)27-16-22-36-30(23-27)29(9-8-19-34-17-6-7-18-34)31(33-36)26-10-12-28(38-5)13-11-26/h8-13,16,22-25H,6-7,14-15,17-21H2,1-5H3. The maximum Gasteiger partial charge on any atom is 0.253 e. The highest BCUT2D eigenvalue weighted by Gasteiger charge is 2.20. The number of carbonyl (C=O) groups excluding carboxylic acids is 1. The zero-order valence-electron chi connectivity index (χ0n) is 23.8. The number of aromatic nitrogens is 2. The maximum absolute atomic E-state index is 13.7. The van der Waals surface area contributed by atoms with Gasteiger partial charge in [-0.25, -0.2) is 4.52 Å². The Labute approximate surface area is 228 Å². The van der Waals surface area contributed by atoms with Crippen LogP contribution in [0.5, 0.6) is 5.75 Å². The van der Waals surface area contributed by atoms with Crippen molar-refractivity contribution in [2.24, 2.45) is 11.8 Å². The minimum absolute atomic E-state index is 0.105. The van der Waals surface area contributed by atoms with E-state index in [-0.39, 0.29) is 5.91 Å². The van der Waals surface area contributed by atoms with Gasteiger partial charge in [0.25, 0.3) is 5.91 Å². The van der Waals surface area contributed by atoms with Crippen molar-refractivity contribution in [1.29, 1.82) is 0 Å². The van der Waals surface area contributed by atoms with E-state index in [1.54, 1.807) is 7.11 Å². The largest absolute Gasteiger partial charge is 0.497 e. The van der Waals surface area contributed by atoms with E-state index in [9.17, 15) is 4.79 Å². The zero-order chi connectivity index (χ0) is 27.1. The van der Waals surface area contributed by atoms with E-state index in [1.165, 1.54) is 12.8 Å². The molecule has 3 heterocycles.